The van der Waals surface area contributed by atoms with Gasteiger partial charge in [0.05, 0.1) is 12.7 Å². The summed E-state index contributed by atoms with van der Waals surface area (Å²) in [5, 5.41) is 13.2. The third-order valence-corrected chi connectivity index (χ3v) is 3.97. The van der Waals surface area contributed by atoms with Crippen molar-refractivity contribution in [1.29, 1.82) is 0 Å². The minimum absolute atomic E-state index is 0.154. The van der Waals surface area contributed by atoms with E-state index in [9.17, 15) is 9.90 Å². The molecule has 1 atom stereocenters. The molecule has 1 unspecified atom stereocenters. The Hall–Kier alpha value is -2.17. The summed E-state index contributed by atoms with van der Waals surface area (Å²) in [6.07, 6.45) is 2.36. The highest BCUT2D eigenvalue weighted by atomic mass is 16.5. The molecular formula is C21H27NO3. The van der Waals surface area contributed by atoms with Gasteiger partial charge in [0.15, 0.2) is 0 Å². The van der Waals surface area contributed by atoms with Gasteiger partial charge in [0, 0.05) is 13.0 Å². The minimum atomic E-state index is -0.522. The van der Waals surface area contributed by atoms with E-state index in [1.54, 1.807) is 0 Å². The number of aryl methyl sites for hydroxylation is 1. The van der Waals surface area contributed by atoms with Crippen LogP contribution in [0.3, 0.4) is 0 Å². The number of hydrogen-bond acceptors (Lipinski definition) is 4. The second-order valence-electron chi connectivity index (χ2n) is 6.04. The molecule has 0 spiro atoms. The predicted molar refractivity (Wildman–Crippen MR) is 99.2 cm³/mol. The maximum absolute atomic E-state index is 11.7. The Kier molecular flexibility index (Phi) is 8.73. The van der Waals surface area contributed by atoms with Crippen LogP contribution in [0.15, 0.2) is 60.7 Å². The average molecular weight is 341 g/mol. The van der Waals surface area contributed by atoms with Crippen molar-refractivity contribution < 1.29 is 14.6 Å². The van der Waals surface area contributed by atoms with Crippen molar-refractivity contribution in [2.75, 3.05) is 19.7 Å². The lowest BCUT2D eigenvalue weighted by Crippen LogP contribution is -2.23. The summed E-state index contributed by atoms with van der Waals surface area (Å²) in [7, 11) is 0. The summed E-state index contributed by atoms with van der Waals surface area (Å²) in [6.45, 7) is 1.63. The van der Waals surface area contributed by atoms with Gasteiger partial charge >= 0.3 is 5.97 Å². The number of nitrogens with one attached hydrogen (secondary N) is 1. The molecule has 2 rings (SSSR count). The van der Waals surface area contributed by atoms with Crippen molar-refractivity contribution in [2.24, 2.45) is 0 Å². The highest BCUT2D eigenvalue weighted by Crippen LogP contribution is 2.10. The summed E-state index contributed by atoms with van der Waals surface area (Å²) in [5.41, 5.74) is 2.16. The molecule has 0 saturated carbocycles. The Morgan fingerprint density at radius 2 is 1.68 bits per heavy atom. The molecule has 0 heterocycles. The maximum Gasteiger partial charge on any atom is 0.305 e. The Morgan fingerprint density at radius 1 is 1.00 bits per heavy atom. The maximum atomic E-state index is 11.7. The number of carbonyl (C=O) groups is 1. The second-order valence-corrected chi connectivity index (χ2v) is 6.04. The summed E-state index contributed by atoms with van der Waals surface area (Å²) >= 11 is 0. The summed E-state index contributed by atoms with van der Waals surface area (Å²) in [5.74, 6) is -0.154. The van der Waals surface area contributed by atoms with Crippen molar-refractivity contribution in [1.82, 2.24) is 5.32 Å². The zero-order valence-corrected chi connectivity index (χ0v) is 14.6. The normalized spacial score (nSPS) is 11.9. The van der Waals surface area contributed by atoms with E-state index in [1.807, 2.05) is 48.5 Å². The van der Waals surface area contributed by atoms with Gasteiger partial charge in [-0.25, -0.2) is 0 Å². The third-order valence-electron chi connectivity index (χ3n) is 3.97. The zero-order chi connectivity index (χ0) is 17.7. The van der Waals surface area contributed by atoms with Crippen LogP contribution in [0.2, 0.25) is 0 Å². The van der Waals surface area contributed by atoms with Crippen LogP contribution in [-0.4, -0.2) is 30.8 Å². The third kappa shape index (κ3) is 7.96. The number of aliphatic hydroxyl groups is 1. The van der Waals surface area contributed by atoms with Crippen LogP contribution in [0, 0.1) is 0 Å². The van der Waals surface area contributed by atoms with Crippen molar-refractivity contribution >= 4 is 5.97 Å². The number of rotatable bonds is 11. The fourth-order valence-electron chi connectivity index (χ4n) is 2.57. The lowest BCUT2D eigenvalue weighted by atomic mass is 10.1. The molecule has 0 radical (unpaired) electrons. The topological polar surface area (TPSA) is 58.6 Å². The van der Waals surface area contributed by atoms with Crippen LogP contribution in [0.25, 0.3) is 0 Å². The molecule has 0 aliphatic carbocycles. The standard InChI is InChI=1S/C21H27NO3/c23-20(19-12-5-2-6-13-19)17-22-15-7-14-21(24)25-16-8-11-18-9-3-1-4-10-18/h1-6,9-10,12-13,20,22-23H,7-8,11,14-17H2. The van der Waals surface area contributed by atoms with Gasteiger partial charge in [-0.05, 0) is 36.9 Å². The van der Waals surface area contributed by atoms with Gasteiger partial charge in [0.1, 0.15) is 0 Å². The first-order valence-electron chi connectivity index (χ1n) is 8.89. The fourth-order valence-corrected chi connectivity index (χ4v) is 2.57. The molecule has 0 aliphatic rings. The SMILES string of the molecule is O=C(CCCNCC(O)c1ccccc1)OCCCc1ccccc1. The Bertz CT molecular complexity index is 601. The second kappa shape index (κ2) is 11.4. The molecule has 0 amide bonds. The molecule has 0 fully saturated rings. The van der Waals surface area contributed by atoms with E-state index in [2.05, 4.69) is 17.4 Å². The number of aliphatic hydroxyl groups excluding tert-OH is 1. The molecule has 0 bridgehead atoms. The van der Waals surface area contributed by atoms with Gasteiger partial charge in [0.2, 0.25) is 0 Å². The van der Waals surface area contributed by atoms with Crippen LogP contribution in [-0.2, 0) is 16.0 Å². The smallest absolute Gasteiger partial charge is 0.305 e. The van der Waals surface area contributed by atoms with Gasteiger partial charge in [-0.3, -0.25) is 4.79 Å². The number of ether oxygens (including phenoxy) is 1. The van der Waals surface area contributed by atoms with E-state index in [1.165, 1.54) is 5.56 Å². The van der Waals surface area contributed by atoms with E-state index in [4.69, 9.17) is 4.74 Å². The van der Waals surface area contributed by atoms with E-state index in [0.717, 1.165) is 18.4 Å². The highest BCUT2D eigenvalue weighted by Gasteiger charge is 2.06. The van der Waals surface area contributed by atoms with Crippen molar-refractivity contribution in [3.63, 3.8) is 0 Å². The van der Waals surface area contributed by atoms with Gasteiger partial charge in [-0.2, -0.15) is 0 Å². The minimum Gasteiger partial charge on any atom is -0.466 e. The summed E-state index contributed by atoms with van der Waals surface area (Å²) in [4.78, 5) is 11.7. The van der Waals surface area contributed by atoms with E-state index >= 15 is 0 Å². The first kappa shape index (κ1) is 19.2. The monoisotopic (exact) mass is 341 g/mol. The van der Waals surface area contributed by atoms with Gasteiger partial charge in [0.25, 0.3) is 0 Å². The van der Waals surface area contributed by atoms with Crippen LogP contribution >= 0.6 is 0 Å². The van der Waals surface area contributed by atoms with E-state index in [-0.39, 0.29) is 5.97 Å². The molecule has 0 aromatic heterocycles. The predicted octanol–water partition coefficient (Wildman–Crippen LogP) is 3.27. The summed E-state index contributed by atoms with van der Waals surface area (Å²) in [6, 6.07) is 19.7. The number of esters is 1. The summed E-state index contributed by atoms with van der Waals surface area (Å²) < 4.78 is 5.24. The molecule has 2 N–H and O–H groups in total. The number of benzene rings is 2. The number of hydrogen-bond donors (Lipinski definition) is 2. The molecule has 2 aromatic rings. The molecule has 4 heteroatoms. The Morgan fingerprint density at radius 3 is 2.40 bits per heavy atom. The lowest BCUT2D eigenvalue weighted by molar-refractivity contribution is -0.143. The molecule has 134 valence electrons. The van der Waals surface area contributed by atoms with E-state index < -0.39 is 6.10 Å². The molecule has 0 aliphatic heterocycles. The first-order chi connectivity index (χ1) is 12.3. The molecule has 0 saturated heterocycles. The molecule has 2 aromatic carbocycles. The van der Waals surface area contributed by atoms with Crippen LogP contribution in [0.5, 0.6) is 0 Å². The lowest BCUT2D eigenvalue weighted by Gasteiger charge is -2.12. The quantitative estimate of drug-likeness (QED) is 0.486. The first-order valence-corrected chi connectivity index (χ1v) is 8.89. The van der Waals surface area contributed by atoms with Crippen LogP contribution < -0.4 is 5.32 Å². The van der Waals surface area contributed by atoms with Gasteiger partial charge < -0.3 is 15.2 Å². The average Bonchev–Trinajstić information content (AvgIpc) is 2.66. The Labute approximate surface area is 149 Å². The van der Waals surface area contributed by atoms with Crippen molar-refractivity contribution in [3.8, 4) is 0 Å². The fraction of sp³-hybridized carbons (Fsp3) is 0.381. The Balaban J connectivity index is 1.47. The van der Waals surface area contributed by atoms with Gasteiger partial charge in [-0.15, -0.1) is 0 Å². The zero-order valence-electron chi connectivity index (χ0n) is 14.6. The van der Waals surface area contributed by atoms with Crippen LogP contribution in [0.4, 0.5) is 0 Å². The number of carbonyl (C=O) groups excluding carboxylic acids is 1. The van der Waals surface area contributed by atoms with Crippen molar-refractivity contribution in [3.05, 3.63) is 71.8 Å². The largest absolute Gasteiger partial charge is 0.466 e. The molecule has 4 nitrogen and oxygen atoms in total. The van der Waals surface area contributed by atoms with Crippen molar-refractivity contribution in [2.45, 2.75) is 31.8 Å². The highest BCUT2D eigenvalue weighted by molar-refractivity contribution is 5.69. The molecule has 25 heavy (non-hydrogen) atoms. The van der Waals surface area contributed by atoms with Gasteiger partial charge in [-0.1, -0.05) is 60.7 Å². The van der Waals surface area contributed by atoms with Crippen LogP contribution in [0.1, 0.15) is 36.5 Å². The van der Waals surface area contributed by atoms with E-state index in [0.29, 0.717) is 32.5 Å². The molecular weight excluding hydrogens is 314 g/mol.